The van der Waals surface area contributed by atoms with Crippen LogP contribution in [0.25, 0.3) is 0 Å². The maximum absolute atomic E-state index is 14.1. The van der Waals surface area contributed by atoms with Crippen LogP contribution in [0.1, 0.15) is 63.1 Å². The van der Waals surface area contributed by atoms with Crippen molar-refractivity contribution in [2.24, 2.45) is 4.99 Å². The Hall–Kier alpha value is -2.55. The third kappa shape index (κ3) is 7.97. The zero-order valence-electron chi connectivity index (χ0n) is 21.4. The molecule has 0 saturated carbocycles. The Morgan fingerprint density at radius 2 is 1.84 bits per heavy atom. The zero-order chi connectivity index (χ0) is 27.2. The van der Waals surface area contributed by atoms with Crippen molar-refractivity contribution in [1.82, 2.24) is 10.2 Å². The number of hydrogen-bond donors (Lipinski definition) is 1. The van der Waals surface area contributed by atoms with Crippen LogP contribution in [0.5, 0.6) is 5.75 Å². The van der Waals surface area contributed by atoms with Gasteiger partial charge < -0.3 is 4.74 Å². The maximum Gasteiger partial charge on any atom is 0.284 e. The van der Waals surface area contributed by atoms with Crippen LogP contribution in [-0.4, -0.2) is 26.7 Å². The molecule has 0 spiro atoms. The van der Waals surface area contributed by atoms with E-state index >= 15 is 0 Å². The molecule has 2 unspecified atom stereocenters. The number of ether oxygens (including phenoxy) is 1. The number of aliphatic imine (C=N–C) groups is 1. The van der Waals surface area contributed by atoms with Crippen LogP contribution in [0.15, 0.2) is 69.7 Å². The van der Waals surface area contributed by atoms with E-state index in [0.29, 0.717) is 32.7 Å². The van der Waals surface area contributed by atoms with Gasteiger partial charge in [0.25, 0.3) is 5.66 Å². The smallest absolute Gasteiger partial charge is 0.284 e. The van der Waals surface area contributed by atoms with E-state index in [4.69, 9.17) is 4.74 Å². The first-order valence-electron chi connectivity index (χ1n) is 11.7. The van der Waals surface area contributed by atoms with Gasteiger partial charge in [0.1, 0.15) is 17.4 Å². The van der Waals surface area contributed by atoms with E-state index in [0.717, 1.165) is 17.0 Å². The first kappa shape index (κ1) is 29.0. The Morgan fingerprint density at radius 1 is 1.16 bits per heavy atom. The lowest BCUT2D eigenvalue weighted by molar-refractivity contribution is 0.104. The summed E-state index contributed by atoms with van der Waals surface area (Å²) in [5.41, 5.74) is -0.612. The van der Waals surface area contributed by atoms with Crippen molar-refractivity contribution in [3.8, 4) is 5.75 Å². The standard InChI is InChI=1S/C26H31F2N4O2PS2/c1-6-17(4)23(29-18(5)21-9-7-8-10-22(21)26(27,28)35)15-34-19-11-13-20(14-12-19)37(33)32-25-31-30-24(36-25)16(2)3/h7-14,16H,6,15,35H2,1-5H3,(H,31,32)/b23-17+,29-18?. The first-order chi connectivity index (χ1) is 17.5. The number of anilines is 1. The van der Waals surface area contributed by atoms with Crippen LogP contribution in [-0.2, 0) is 16.6 Å². The van der Waals surface area contributed by atoms with E-state index in [1.54, 1.807) is 58.6 Å². The van der Waals surface area contributed by atoms with Gasteiger partial charge in [-0.15, -0.1) is 10.2 Å². The lowest BCUT2D eigenvalue weighted by Crippen LogP contribution is -2.11. The van der Waals surface area contributed by atoms with Crippen molar-refractivity contribution in [3.05, 3.63) is 75.9 Å². The molecule has 0 bridgehead atoms. The molecule has 198 valence electrons. The second kappa shape index (κ2) is 12.8. The molecule has 0 saturated heterocycles. The van der Waals surface area contributed by atoms with Crippen LogP contribution in [0.2, 0.25) is 0 Å². The predicted molar refractivity (Wildman–Crippen MR) is 151 cm³/mol. The Kier molecular flexibility index (Phi) is 10.0. The largest absolute Gasteiger partial charge is 0.487 e. The molecular weight excluding hydrogens is 533 g/mol. The lowest BCUT2D eigenvalue weighted by Gasteiger charge is -2.16. The second-order valence-electron chi connectivity index (χ2n) is 8.68. The van der Waals surface area contributed by atoms with E-state index in [-0.39, 0.29) is 18.1 Å². The molecule has 0 aliphatic carbocycles. The highest BCUT2D eigenvalue weighted by Gasteiger charge is 2.28. The van der Waals surface area contributed by atoms with E-state index in [2.05, 4.69) is 19.9 Å². The molecule has 11 heteroatoms. The van der Waals surface area contributed by atoms with Gasteiger partial charge in [0.2, 0.25) is 5.13 Å². The molecule has 37 heavy (non-hydrogen) atoms. The number of nitrogens with one attached hydrogen (secondary N) is 1. The molecule has 6 nitrogen and oxygen atoms in total. The van der Waals surface area contributed by atoms with Crippen molar-refractivity contribution in [2.75, 3.05) is 11.3 Å². The minimum absolute atomic E-state index is 0.0955. The SMILES string of the molecule is CC/C(C)=C(\COc1ccc(S(=O)Nc2nnc(C(C)C)s2)cc1)N=C(C)c1ccccc1C(F)(F)P. The van der Waals surface area contributed by atoms with Crippen molar-refractivity contribution in [2.45, 2.75) is 57.5 Å². The molecule has 0 amide bonds. The summed E-state index contributed by atoms with van der Waals surface area (Å²) >= 11 is 1.38. The molecule has 0 fully saturated rings. The molecular formula is C26H31F2N4O2PS2. The van der Waals surface area contributed by atoms with Crippen molar-refractivity contribution >= 4 is 42.4 Å². The molecule has 3 rings (SSSR count). The fraction of sp³-hybridized carbons (Fsp3) is 0.346. The Labute approximate surface area is 225 Å². The molecule has 3 aromatic rings. The summed E-state index contributed by atoms with van der Waals surface area (Å²) in [7, 11) is 0.0921. The summed E-state index contributed by atoms with van der Waals surface area (Å²) in [4.78, 5) is 5.24. The third-order valence-corrected chi connectivity index (χ3v) is 8.19. The van der Waals surface area contributed by atoms with E-state index in [1.807, 2.05) is 27.7 Å². The second-order valence-corrected chi connectivity index (χ2v) is 11.6. The molecule has 1 heterocycles. The first-order valence-corrected chi connectivity index (χ1v) is 14.3. The highest BCUT2D eigenvalue weighted by Crippen LogP contribution is 2.37. The minimum Gasteiger partial charge on any atom is -0.487 e. The molecule has 2 aromatic carbocycles. The highest BCUT2D eigenvalue weighted by atomic mass is 32.2. The fourth-order valence-electron chi connectivity index (χ4n) is 3.27. The molecule has 0 aliphatic heterocycles. The topological polar surface area (TPSA) is 76.5 Å². The van der Waals surface area contributed by atoms with Crippen LogP contribution < -0.4 is 9.46 Å². The number of alkyl halides is 2. The minimum atomic E-state index is -3.06. The molecule has 2 atom stereocenters. The fourth-order valence-corrected chi connectivity index (χ4v) is 5.21. The number of nitrogens with zero attached hydrogens (tertiary/aromatic N) is 3. The van der Waals surface area contributed by atoms with Crippen molar-refractivity contribution < 1.29 is 17.7 Å². The lowest BCUT2D eigenvalue weighted by atomic mass is 10.0. The molecule has 0 radical (unpaired) electrons. The molecule has 1 N–H and O–H groups in total. The molecule has 1 aromatic heterocycles. The number of hydrogen-bond acceptors (Lipinski definition) is 6. The summed E-state index contributed by atoms with van der Waals surface area (Å²) in [5, 5.41) is 9.51. The van der Waals surface area contributed by atoms with Crippen molar-refractivity contribution in [3.63, 3.8) is 0 Å². The summed E-state index contributed by atoms with van der Waals surface area (Å²) < 4.78 is 49.7. The number of benzene rings is 2. The maximum atomic E-state index is 14.1. The summed E-state index contributed by atoms with van der Waals surface area (Å²) in [6, 6.07) is 13.2. The Morgan fingerprint density at radius 3 is 2.43 bits per heavy atom. The van der Waals surface area contributed by atoms with Crippen LogP contribution >= 0.6 is 20.6 Å². The Bertz CT molecular complexity index is 1300. The summed E-state index contributed by atoms with van der Waals surface area (Å²) in [6.45, 7) is 9.89. The van der Waals surface area contributed by atoms with Crippen LogP contribution in [0.4, 0.5) is 13.9 Å². The van der Waals surface area contributed by atoms with Gasteiger partial charge >= 0.3 is 0 Å². The highest BCUT2D eigenvalue weighted by molar-refractivity contribution is 7.86. The van der Waals surface area contributed by atoms with Gasteiger partial charge in [0.05, 0.1) is 10.6 Å². The van der Waals surface area contributed by atoms with Crippen molar-refractivity contribution in [1.29, 1.82) is 0 Å². The van der Waals surface area contributed by atoms with Crippen LogP contribution in [0.3, 0.4) is 0 Å². The summed E-state index contributed by atoms with van der Waals surface area (Å²) in [6.07, 6.45) is 0.741. The van der Waals surface area contributed by atoms with Gasteiger partial charge in [-0.25, -0.2) is 4.21 Å². The average Bonchev–Trinajstić information content (AvgIpc) is 3.34. The third-order valence-electron chi connectivity index (χ3n) is 5.53. The van der Waals surface area contributed by atoms with Gasteiger partial charge in [-0.05, 0) is 50.1 Å². The van der Waals surface area contributed by atoms with Gasteiger partial charge in [0, 0.05) is 22.8 Å². The summed E-state index contributed by atoms with van der Waals surface area (Å²) in [5.74, 6) is 0.826. The molecule has 0 aliphatic rings. The van der Waals surface area contributed by atoms with E-state index in [1.165, 1.54) is 17.4 Å². The van der Waals surface area contributed by atoms with E-state index in [9.17, 15) is 13.0 Å². The van der Waals surface area contributed by atoms with Gasteiger partial charge in [-0.1, -0.05) is 65.6 Å². The number of rotatable bonds is 11. The number of aromatic nitrogens is 2. The van der Waals surface area contributed by atoms with Gasteiger partial charge in [0.15, 0.2) is 11.0 Å². The van der Waals surface area contributed by atoms with E-state index < -0.39 is 16.6 Å². The predicted octanol–water partition coefficient (Wildman–Crippen LogP) is 7.29. The normalized spacial score (nSPS) is 13.9. The Balaban J connectivity index is 1.71. The van der Waals surface area contributed by atoms with Gasteiger partial charge in [-0.3, -0.25) is 9.71 Å². The average molecular weight is 565 g/mol. The number of allylic oxidation sites excluding steroid dienone is 1. The van der Waals surface area contributed by atoms with Crippen LogP contribution in [0, 0.1) is 0 Å². The monoisotopic (exact) mass is 564 g/mol. The number of halogens is 2. The van der Waals surface area contributed by atoms with Gasteiger partial charge in [-0.2, -0.15) is 8.78 Å². The zero-order valence-corrected chi connectivity index (χ0v) is 24.2. The quantitative estimate of drug-likeness (QED) is 0.196.